The van der Waals surface area contributed by atoms with Crippen molar-refractivity contribution < 1.29 is 13.2 Å². The number of aryl methyl sites for hydroxylation is 2. The molecule has 1 saturated heterocycles. The van der Waals surface area contributed by atoms with Gasteiger partial charge in [0.2, 0.25) is 15.9 Å². The molecule has 2 aromatic rings. The molecule has 0 bridgehead atoms. The number of carbonyl (C=O) groups excluding carboxylic acids is 1. The first kappa shape index (κ1) is 22.0. The highest BCUT2D eigenvalue weighted by atomic mass is 79.9. The van der Waals surface area contributed by atoms with Gasteiger partial charge in [0.15, 0.2) is 0 Å². The first-order valence-corrected chi connectivity index (χ1v) is 12.3. The Balaban J connectivity index is 1.77. The summed E-state index contributed by atoms with van der Waals surface area (Å²) in [6.07, 6.45) is 3.02. The Bertz CT molecular complexity index is 952. The molecule has 1 N–H and O–H groups in total. The molecule has 1 atom stereocenters. The number of sulfonamides is 1. The van der Waals surface area contributed by atoms with Gasteiger partial charge in [0, 0.05) is 23.2 Å². The molecule has 1 unspecified atom stereocenters. The zero-order valence-electron chi connectivity index (χ0n) is 16.8. The van der Waals surface area contributed by atoms with Crippen LogP contribution in [0.1, 0.15) is 37.8 Å². The van der Waals surface area contributed by atoms with Crippen LogP contribution in [0.15, 0.2) is 51.8 Å². The average molecular weight is 479 g/mol. The summed E-state index contributed by atoms with van der Waals surface area (Å²) < 4.78 is 28.3. The molecule has 5 nitrogen and oxygen atoms in total. The van der Waals surface area contributed by atoms with Gasteiger partial charge in [-0.2, -0.15) is 4.31 Å². The number of nitrogens with one attached hydrogen (secondary N) is 1. The monoisotopic (exact) mass is 478 g/mol. The van der Waals surface area contributed by atoms with Crippen molar-refractivity contribution in [2.45, 2.75) is 44.4 Å². The Labute approximate surface area is 181 Å². The third-order valence-electron chi connectivity index (χ3n) is 5.45. The summed E-state index contributed by atoms with van der Waals surface area (Å²) in [5.74, 6) is -0.458. The third kappa shape index (κ3) is 4.90. The fraction of sp³-hybridized carbons (Fsp3) is 0.409. The Morgan fingerprint density at radius 3 is 2.31 bits per heavy atom. The highest BCUT2D eigenvalue weighted by Crippen LogP contribution is 2.28. The fourth-order valence-corrected chi connectivity index (χ4v) is 5.55. The largest absolute Gasteiger partial charge is 0.325 e. The molecule has 3 rings (SSSR count). The van der Waals surface area contributed by atoms with Crippen LogP contribution >= 0.6 is 15.9 Å². The van der Waals surface area contributed by atoms with Gasteiger partial charge in [0.1, 0.15) is 0 Å². The van der Waals surface area contributed by atoms with Gasteiger partial charge in [-0.15, -0.1) is 0 Å². The van der Waals surface area contributed by atoms with Gasteiger partial charge in [-0.3, -0.25) is 4.79 Å². The Hall–Kier alpha value is -1.70. The molecule has 29 heavy (non-hydrogen) atoms. The summed E-state index contributed by atoms with van der Waals surface area (Å²) in [4.78, 5) is 13.3. The van der Waals surface area contributed by atoms with Crippen LogP contribution in [0.4, 0.5) is 5.69 Å². The summed E-state index contributed by atoms with van der Waals surface area (Å²) in [5, 5.41) is 3.10. The summed E-state index contributed by atoms with van der Waals surface area (Å²) in [6, 6.07) is 12.7. The van der Waals surface area contributed by atoms with E-state index in [0.717, 1.165) is 34.1 Å². The van der Waals surface area contributed by atoms with Crippen molar-refractivity contribution in [2.75, 3.05) is 18.4 Å². The molecular formula is C22H27BrN2O3S. The second kappa shape index (κ2) is 9.41. The predicted octanol–water partition coefficient (Wildman–Crippen LogP) is 4.61. The molecule has 1 amide bonds. The summed E-state index contributed by atoms with van der Waals surface area (Å²) in [5.41, 5.74) is 3.09. The minimum Gasteiger partial charge on any atom is -0.325 e. The minimum atomic E-state index is -3.61. The Kier molecular flexibility index (Phi) is 7.14. The van der Waals surface area contributed by atoms with Gasteiger partial charge >= 0.3 is 0 Å². The first-order valence-electron chi connectivity index (χ1n) is 10.0. The van der Waals surface area contributed by atoms with E-state index in [2.05, 4.69) is 35.1 Å². The number of benzene rings is 2. The lowest BCUT2D eigenvalue weighted by molar-refractivity contribution is -0.120. The van der Waals surface area contributed by atoms with E-state index < -0.39 is 10.0 Å². The van der Waals surface area contributed by atoms with Crippen LogP contribution < -0.4 is 5.32 Å². The molecule has 0 saturated carbocycles. The highest BCUT2D eigenvalue weighted by Gasteiger charge is 2.33. The Morgan fingerprint density at radius 2 is 1.72 bits per heavy atom. The SMILES string of the molecule is CCc1cccc(CC)c1NC(=O)C1CCCN(S(=O)(=O)c2ccc(Br)cc2)C1. The van der Waals surface area contributed by atoms with E-state index in [1.54, 1.807) is 24.3 Å². The van der Waals surface area contributed by atoms with Crippen molar-refractivity contribution in [3.63, 3.8) is 0 Å². The summed E-state index contributed by atoms with van der Waals surface area (Å²) in [6.45, 7) is 4.78. The van der Waals surface area contributed by atoms with Crippen molar-refractivity contribution in [3.8, 4) is 0 Å². The van der Waals surface area contributed by atoms with E-state index in [1.807, 2.05) is 18.2 Å². The first-order chi connectivity index (χ1) is 13.9. The van der Waals surface area contributed by atoms with Crippen molar-refractivity contribution in [1.29, 1.82) is 0 Å². The van der Waals surface area contributed by atoms with E-state index in [4.69, 9.17) is 0 Å². The average Bonchev–Trinajstić information content (AvgIpc) is 2.74. The van der Waals surface area contributed by atoms with Gasteiger partial charge in [0.05, 0.1) is 10.8 Å². The number of para-hydroxylation sites is 1. The van der Waals surface area contributed by atoms with E-state index in [1.165, 1.54) is 4.31 Å². The zero-order chi connectivity index (χ0) is 21.0. The number of nitrogens with zero attached hydrogens (tertiary/aromatic N) is 1. The number of carbonyl (C=O) groups is 1. The van der Waals surface area contributed by atoms with Crippen LogP contribution in [0.2, 0.25) is 0 Å². The van der Waals surface area contributed by atoms with E-state index in [9.17, 15) is 13.2 Å². The fourth-order valence-electron chi connectivity index (χ4n) is 3.76. The number of halogens is 1. The van der Waals surface area contributed by atoms with Crippen LogP contribution in [0.3, 0.4) is 0 Å². The smallest absolute Gasteiger partial charge is 0.243 e. The topological polar surface area (TPSA) is 66.5 Å². The summed E-state index contributed by atoms with van der Waals surface area (Å²) in [7, 11) is -3.61. The lowest BCUT2D eigenvalue weighted by Crippen LogP contribution is -2.43. The second-order valence-corrected chi connectivity index (χ2v) is 10.2. The minimum absolute atomic E-state index is 0.101. The molecular weight excluding hydrogens is 452 g/mol. The molecule has 1 aliphatic heterocycles. The molecule has 0 radical (unpaired) electrons. The van der Waals surface area contributed by atoms with Crippen LogP contribution in [0.25, 0.3) is 0 Å². The third-order valence-corrected chi connectivity index (χ3v) is 7.86. The van der Waals surface area contributed by atoms with Gasteiger partial charge < -0.3 is 5.32 Å². The van der Waals surface area contributed by atoms with Crippen LogP contribution in [0, 0.1) is 5.92 Å². The molecule has 0 spiro atoms. The van der Waals surface area contributed by atoms with Gasteiger partial charge in [0.25, 0.3) is 0 Å². The standard InChI is InChI=1S/C22H27BrN2O3S/c1-3-16-7-5-8-17(4-2)21(16)24-22(26)18-9-6-14-25(15-18)29(27,28)20-12-10-19(23)11-13-20/h5,7-8,10-13,18H,3-4,6,9,14-15H2,1-2H3,(H,24,26). The maximum atomic E-state index is 13.0. The molecule has 1 aliphatic rings. The van der Waals surface area contributed by atoms with Crippen molar-refractivity contribution >= 4 is 37.5 Å². The predicted molar refractivity (Wildman–Crippen MR) is 119 cm³/mol. The van der Waals surface area contributed by atoms with Crippen molar-refractivity contribution in [1.82, 2.24) is 4.31 Å². The molecule has 0 aliphatic carbocycles. The van der Waals surface area contributed by atoms with Gasteiger partial charge in [-0.1, -0.05) is 48.0 Å². The number of anilines is 1. The lowest BCUT2D eigenvalue weighted by atomic mass is 9.97. The molecule has 1 fully saturated rings. The zero-order valence-corrected chi connectivity index (χ0v) is 19.2. The number of hydrogen-bond acceptors (Lipinski definition) is 3. The van der Waals surface area contributed by atoms with Crippen LogP contribution in [-0.4, -0.2) is 31.7 Å². The van der Waals surface area contributed by atoms with E-state index >= 15 is 0 Å². The number of rotatable bonds is 6. The maximum absolute atomic E-state index is 13.0. The van der Waals surface area contributed by atoms with E-state index in [0.29, 0.717) is 19.4 Å². The number of piperidine rings is 1. The number of amides is 1. The molecule has 1 heterocycles. The van der Waals surface area contributed by atoms with Gasteiger partial charge in [-0.05, 0) is 61.1 Å². The number of hydrogen-bond donors (Lipinski definition) is 1. The van der Waals surface area contributed by atoms with Crippen LogP contribution in [0.5, 0.6) is 0 Å². The maximum Gasteiger partial charge on any atom is 0.243 e. The summed E-state index contributed by atoms with van der Waals surface area (Å²) >= 11 is 3.33. The quantitative estimate of drug-likeness (QED) is 0.658. The lowest BCUT2D eigenvalue weighted by Gasteiger charge is -2.31. The van der Waals surface area contributed by atoms with E-state index in [-0.39, 0.29) is 23.3 Å². The Morgan fingerprint density at radius 1 is 1.10 bits per heavy atom. The second-order valence-electron chi connectivity index (χ2n) is 7.30. The molecule has 0 aromatic heterocycles. The molecule has 2 aromatic carbocycles. The molecule has 156 valence electrons. The van der Waals surface area contributed by atoms with Crippen molar-refractivity contribution in [3.05, 3.63) is 58.1 Å². The highest BCUT2D eigenvalue weighted by molar-refractivity contribution is 9.10. The van der Waals surface area contributed by atoms with Crippen LogP contribution in [-0.2, 0) is 27.7 Å². The molecule has 7 heteroatoms. The van der Waals surface area contributed by atoms with Crippen molar-refractivity contribution in [2.24, 2.45) is 5.92 Å². The normalized spacial score (nSPS) is 17.8. The van der Waals surface area contributed by atoms with Gasteiger partial charge in [-0.25, -0.2) is 8.42 Å².